The number of carbonyl (C=O) groups excluding carboxylic acids is 1. The molecule has 0 radical (unpaired) electrons. The largest absolute Gasteiger partial charge is 0.416 e. The molecule has 3 heterocycles. The number of alkyl halides is 6. The Morgan fingerprint density at radius 3 is 1.51 bits per heavy atom. The molecule has 7 rings (SSSR count). The topological polar surface area (TPSA) is 73.7 Å². The van der Waals surface area contributed by atoms with Gasteiger partial charge in [0, 0.05) is 52.4 Å². The summed E-state index contributed by atoms with van der Waals surface area (Å²) in [6, 6.07) is 29.4. The van der Waals surface area contributed by atoms with Gasteiger partial charge in [-0.05, 0) is 66.1 Å². The van der Waals surface area contributed by atoms with Gasteiger partial charge in [-0.1, -0.05) is 91.0 Å². The van der Waals surface area contributed by atoms with E-state index in [1.165, 1.54) is 0 Å². The van der Waals surface area contributed by atoms with Crippen molar-refractivity contribution in [2.75, 3.05) is 52.4 Å². The Balaban J connectivity index is 1.12. The zero-order valence-corrected chi connectivity index (χ0v) is 31.5. The van der Waals surface area contributed by atoms with Gasteiger partial charge in [0.2, 0.25) is 5.91 Å². The summed E-state index contributed by atoms with van der Waals surface area (Å²) in [5.41, 5.74) is -2.43. The normalized spacial score (nSPS) is 21.1. The molecule has 3 fully saturated rings. The highest BCUT2D eigenvalue weighted by atomic mass is 19.4. The Morgan fingerprint density at radius 1 is 0.632 bits per heavy atom. The Morgan fingerprint density at radius 2 is 1.07 bits per heavy atom. The van der Waals surface area contributed by atoms with Gasteiger partial charge in [0.1, 0.15) is 6.54 Å². The number of halogens is 6. The lowest BCUT2D eigenvalue weighted by Gasteiger charge is -2.50. The minimum absolute atomic E-state index is 0.0422. The van der Waals surface area contributed by atoms with Crippen molar-refractivity contribution < 1.29 is 41.4 Å². The van der Waals surface area contributed by atoms with E-state index in [1.54, 1.807) is 9.80 Å². The van der Waals surface area contributed by atoms with Crippen LogP contribution in [0.5, 0.6) is 0 Å². The Labute approximate surface area is 328 Å². The number of piperazine rings is 1. The van der Waals surface area contributed by atoms with Crippen LogP contribution in [0.3, 0.4) is 0 Å². The van der Waals surface area contributed by atoms with Gasteiger partial charge in [0.25, 0.3) is 0 Å². The third-order valence-corrected chi connectivity index (χ3v) is 11.7. The number of hydrogen-bond donors (Lipinski definition) is 2. The molecule has 4 aromatic carbocycles. The molecule has 14 heteroatoms. The second kappa shape index (κ2) is 16.5. The van der Waals surface area contributed by atoms with Crippen molar-refractivity contribution in [1.29, 1.82) is 0 Å². The molecule has 0 aromatic heterocycles. The van der Waals surface area contributed by atoms with Crippen LogP contribution >= 0.6 is 0 Å². The van der Waals surface area contributed by atoms with Crippen LogP contribution in [0.4, 0.5) is 26.3 Å². The molecular formula is C43H47F6N5O3. The van der Waals surface area contributed by atoms with E-state index in [0.717, 1.165) is 28.8 Å². The Kier molecular flexibility index (Phi) is 11.8. The van der Waals surface area contributed by atoms with Gasteiger partial charge < -0.3 is 15.1 Å². The lowest BCUT2D eigenvalue weighted by Crippen LogP contribution is -2.63. The third-order valence-electron chi connectivity index (χ3n) is 11.7. The number of aliphatic hydroxyl groups is 2. The van der Waals surface area contributed by atoms with Gasteiger partial charge in [-0.3, -0.25) is 9.69 Å². The van der Waals surface area contributed by atoms with Crippen molar-refractivity contribution in [3.8, 4) is 0 Å². The van der Waals surface area contributed by atoms with Crippen molar-refractivity contribution in [2.24, 2.45) is 0 Å². The van der Waals surface area contributed by atoms with E-state index in [1.807, 2.05) is 96.1 Å². The first-order valence-electron chi connectivity index (χ1n) is 19.3. The van der Waals surface area contributed by atoms with Crippen LogP contribution in [0.2, 0.25) is 0 Å². The number of benzene rings is 4. The fourth-order valence-corrected chi connectivity index (χ4v) is 8.47. The van der Waals surface area contributed by atoms with Crippen LogP contribution in [0.25, 0.3) is 0 Å². The molecule has 304 valence electrons. The molecule has 0 aliphatic carbocycles. The number of hydrazine groups is 2. The average Bonchev–Trinajstić information content (AvgIpc) is 3.21. The highest BCUT2D eigenvalue weighted by molar-refractivity contribution is 5.79. The molecule has 4 aromatic rings. The monoisotopic (exact) mass is 795 g/mol. The van der Waals surface area contributed by atoms with Crippen LogP contribution in [-0.2, 0) is 34.9 Å². The standard InChI is InChI=1S/C43H47F6N5O3/c44-42(45,46)36-26-32(27-37(28-36)43(47,48)49)29-50-24-25-53(38(30-50)33-10-4-1-5-11-33)39(55)31-54(51-20-16-40(56,17-21-51)34-12-6-2-7-13-34)52-22-18-41(57,19-23-52)35-14-8-3-9-15-35/h1-15,26-28,38,56-57H,16-25,29-31H2. The molecule has 3 aliphatic rings. The van der Waals surface area contributed by atoms with Crippen LogP contribution < -0.4 is 0 Å². The van der Waals surface area contributed by atoms with Crippen molar-refractivity contribution >= 4 is 5.91 Å². The molecule has 0 saturated carbocycles. The quantitative estimate of drug-likeness (QED) is 0.174. The third kappa shape index (κ3) is 9.37. The van der Waals surface area contributed by atoms with E-state index in [-0.39, 0.29) is 50.3 Å². The van der Waals surface area contributed by atoms with Gasteiger partial charge in [0.05, 0.1) is 28.4 Å². The van der Waals surface area contributed by atoms with Crippen molar-refractivity contribution in [1.82, 2.24) is 24.9 Å². The van der Waals surface area contributed by atoms with E-state index in [9.17, 15) is 41.4 Å². The van der Waals surface area contributed by atoms with Crippen molar-refractivity contribution in [3.05, 3.63) is 143 Å². The Bertz CT molecular complexity index is 1850. The molecular weight excluding hydrogens is 748 g/mol. The first kappa shape index (κ1) is 40.9. The number of rotatable bonds is 9. The fourth-order valence-electron chi connectivity index (χ4n) is 8.47. The average molecular weight is 796 g/mol. The molecule has 8 nitrogen and oxygen atoms in total. The summed E-state index contributed by atoms with van der Waals surface area (Å²) in [4.78, 5) is 18.2. The SMILES string of the molecule is O=C(CN(N1CCC(O)(c2ccccc2)CC1)N1CCC(O)(c2ccccc2)CC1)N1CCN(Cc2cc(C(F)(F)F)cc(C(F)(F)F)c2)CC1c1ccccc1. The van der Waals surface area contributed by atoms with Crippen LogP contribution in [-0.4, -0.2) is 93.4 Å². The summed E-state index contributed by atoms with van der Waals surface area (Å²) in [5, 5.41) is 29.4. The molecule has 1 amide bonds. The highest BCUT2D eigenvalue weighted by Crippen LogP contribution is 2.39. The molecule has 1 atom stereocenters. The predicted octanol–water partition coefficient (Wildman–Crippen LogP) is 7.21. The molecule has 3 aliphatic heterocycles. The zero-order valence-electron chi connectivity index (χ0n) is 31.5. The molecule has 57 heavy (non-hydrogen) atoms. The van der Waals surface area contributed by atoms with E-state index in [4.69, 9.17) is 0 Å². The summed E-state index contributed by atoms with van der Waals surface area (Å²) < 4.78 is 82.1. The molecule has 2 N–H and O–H groups in total. The maximum absolute atomic E-state index is 14.6. The maximum Gasteiger partial charge on any atom is 0.416 e. The van der Waals surface area contributed by atoms with E-state index < -0.39 is 40.7 Å². The summed E-state index contributed by atoms with van der Waals surface area (Å²) in [6.45, 7) is 2.26. The lowest BCUT2D eigenvalue weighted by atomic mass is 9.84. The molecule has 3 saturated heterocycles. The van der Waals surface area contributed by atoms with Gasteiger partial charge >= 0.3 is 12.4 Å². The minimum Gasteiger partial charge on any atom is -0.385 e. The van der Waals surface area contributed by atoms with Gasteiger partial charge in [-0.25, -0.2) is 10.0 Å². The number of amides is 1. The first-order valence-corrected chi connectivity index (χ1v) is 19.3. The van der Waals surface area contributed by atoms with E-state index in [0.29, 0.717) is 51.9 Å². The lowest BCUT2D eigenvalue weighted by molar-refractivity contribution is -0.228. The van der Waals surface area contributed by atoms with Gasteiger partial charge in [-0.15, -0.1) is 0 Å². The number of nitrogens with zero attached hydrogens (tertiary/aromatic N) is 5. The van der Waals surface area contributed by atoms with Crippen LogP contribution in [0, 0.1) is 0 Å². The van der Waals surface area contributed by atoms with Crippen molar-refractivity contribution in [3.63, 3.8) is 0 Å². The maximum atomic E-state index is 14.6. The van der Waals surface area contributed by atoms with E-state index >= 15 is 0 Å². The molecule has 0 bridgehead atoms. The van der Waals surface area contributed by atoms with Crippen molar-refractivity contribution in [2.45, 2.75) is 61.8 Å². The zero-order chi connectivity index (χ0) is 40.4. The first-order chi connectivity index (χ1) is 27.1. The second-order valence-corrected chi connectivity index (χ2v) is 15.4. The summed E-state index contributed by atoms with van der Waals surface area (Å²) in [6.07, 6.45) is -8.19. The number of carbonyl (C=O) groups is 1. The van der Waals surface area contributed by atoms with Gasteiger partial charge in [-0.2, -0.15) is 31.5 Å². The number of hydrogen-bond acceptors (Lipinski definition) is 7. The second-order valence-electron chi connectivity index (χ2n) is 15.4. The minimum atomic E-state index is -4.96. The number of piperidine rings is 2. The van der Waals surface area contributed by atoms with Gasteiger partial charge in [0.15, 0.2) is 0 Å². The van der Waals surface area contributed by atoms with Crippen LogP contribution in [0.15, 0.2) is 109 Å². The van der Waals surface area contributed by atoms with E-state index in [2.05, 4.69) is 10.0 Å². The predicted molar refractivity (Wildman–Crippen MR) is 202 cm³/mol. The summed E-state index contributed by atoms with van der Waals surface area (Å²) >= 11 is 0. The Hall–Kier alpha value is -4.31. The molecule has 0 spiro atoms. The smallest absolute Gasteiger partial charge is 0.385 e. The molecule has 1 unspecified atom stereocenters. The highest BCUT2D eigenvalue weighted by Gasteiger charge is 2.43. The summed E-state index contributed by atoms with van der Waals surface area (Å²) in [7, 11) is 0. The fraction of sp³-hybridized carbons (Fsp3) is 0.419. The van der Waals surface area contributed by atoms with Crippen LogP contribution in [0.1, 0.15) is 65.1 Å². The summed E-state index contributed by atoms with van der Waals surface area (Å²) in [5.74, 6) is -0.199.